The topological polar surface area (TPSA) is 75.6 Å². The third kappa shape index (κ3) is 8.43. The lowest BCUT2D eigenvalue weighted by atomic mass is 10.4. The molecule has 0 bridgehead atoms. The predicted octanol–water partition coefficient (Wildman–Crippen LogP) is -0.285. The second-order valence-corrected chi connectivity index (χ2v) is 4.83. The van der Waals surface area contributed by atoms with Gasteiger partial charge in [-0.1, -0.05) is 13.3 Å². The number of unbranched alkanes of at least 4 members (excludes halogenated alkanes) is 1. The summed E-state index contributed by atoms with van der Waals surface area (Å²) in [5.74, 6) is -0.248. The summed E-state index contributed by atoms with van der Waals surface area (Å²) in [6.45, 7) is 3.02. The number of sulfonamides is 1. The van der Waals surface area contributed by atoms with Gasteiger partial charge in [0, 0.05) is 13.2 Å². The molecule has 0 rings (SSSR count). The van der Waals surface area contributed by atoms with Crippen molar-refractivity contribution >= 4 is 10.0 Å². The van der Waals surface area contributed by atoms with E-state index in [2.05, 4.69) is 11.6 Å². The van der Waals surface area contributed by atoms with Crippen molar-refractivity contribution in [2.75, 3.05) is 32.1 Å². The third-order valence-electron chi connectivity index (χ3n) is 1.57. The Labute approximate surface area is 85.5 Å². The molecule has 0 aliphatic heterocycles. The summed E-state index contributed by atoms with van der Waals surface area (Å²) in [7, 11) is -3.30. The second kappa shape index (κ2) is 8.16. The van der Waals surface area contributed by atoms with Crippen LogP contribution in [0.1, 0.15) is 19.8 Å². The third-order valence-corrected chi connectivity index (χ3v) is 2.93. The van der Waals surface area contributed by atoms with Crippen LogP contribution in [-0.2, 0) is 14.8 Å². The molecule has 0 saturated heterocycles. The van der Waals surface area contributed by atoms with Crippen molar-refractivity contribution in [3.05, 3.63) is 0 Å². The Kier molecular flexibility index (Phi) is 8.07. The molecule has 0 aromatic carbocycles. The summed E-state index contributed by atoms with van der Waals surface area (Å²) in [6, 6.07) is 0. The zero-order valence-corrected chi connectivity index (χ0v) is 9.35. The van der Waals surface area contributed by atoms with Crippen LogP contribution < -0.4 is 4.72 Å². The quantitative estimate of drug-likeness (QED) is 0.529. The van der Waals surface area contributed by atoms with E-state index in [1.54, 1.807) is 0 Å². The highest BCUT2D eigenvalue weighted by molar-refractivity contribution is 7.89. The Morgan fingerprint density at radius 2 is 2.07 bits per heavy atom. The number of aliphatic hydroxyl groups is 1. The van der Waals surface area contributed by atoms with Crippen molar-refractivity contribution in [1.82, 2.24) is 4.72 Å². The van der Waals surface area contributed by atoms with Gasteiger partial charge in [-0.25, -0.2) is 13.1 Å². The summed E-state index contributed by atoms with van der Waals surface area (Å²) < 4.78 is 29.5. The first-order valence-corrected chi connectivity index (χ1v) is 6.43. The van der Waals surface area contributed by atoms with Crippen LogP contribution in [0.4, 0.5) is 0 Å². The number of aliphatic hydroxyl groups excluding tert-OH is 1. The molecule has 2 N–H and O–H groups in total. The van der Waals surface area contributed by atoms with Crippen LogP contribution >= 0.6 is 0 Å². The minimum Gasteiger partial charge on any atom is -0.395 e. The Morgan fingerprint density at radius 1 is 1.36 bits per heavy atom. The van der Waals surface area contributed by atoms with E-state index >= 15 is 0 Å². The molecular formula is C8H19NO4S. The lowest BCUT2D eigenvalue weighted by molar-refractivity contribution is 0.136. The van der Waals surface area contributed by atoms with Gasteiger partial charge in [-0.05, 0) is 6.42 Å². The van der Waals surface area contributed by atoms with Crippen LogP contribution in [-0.4, -0.2) is 45.6 Å². The fraction of sp³-hybridized carbons (Fsp3) is 1.00. The maximum atomic E-state index is 11.0. The molecule has 0 aromatic rings. The molecule has 0 atom stereocenters. The van der Waals surface area contributed by atoms with Crippen molar-refractivity contribution < 1.29 is 18.3 Å². The van der Waals surface area contributed by atoms with E-state index in [0.29, 0.717) is 13.2 Å². The molecule has 0 spiro atoms. The van der Waals surface area contributed by atoms with Gasteiger partial charge < -0.3 is 9.84 Å². The molecule has 0 aliphatic carbocycles. The first-order valence-electron chi connectivity index (χ1n) is 4.78. The Morgan fingerprint density at radius 3 is 2.64 bits per heavy atom. The van der Waals surface area contributed by atoms with Crippen molar-refractivity contribution in [3.8, 4) is 0 Å². The predicted molar refractivity (Wildman–Crippen MR) is 54.6 cm³/mol. The van der Waals surface area contributed by atoms with Crippen LogP contribution in [0.15, 0.2) is 0 Å². The fourth-order valence-electron chi connectivity index (χ4n) is 0.810. The van der Waals surface area contributed by atoms with E-state index in [9.17, 15) is 8.42 Å². The first-order chi connectivity index (χ1) is 6.62. The average molecular weight is 225 g/mol. The monoisotopic (exact) mass is 225 g/mol. The molecule has 0 radical (unpaired) electrons. The van der Waals surface area contributed by atoms with Crippen molar-refractivity contribution in [2.45, 2.75) is 19.8 Å². The van der Waals surface area contributed by atoms with Gasteiger partial charge in [0.1, 0.15) is 0 Å². The van der Waals surface area contributed by atoms with E-state index in [1.165, 1.54) is 0 Å². The standard InChI is InChI=1S/C8H19NO4S/c1-2-3-6-13-7-4-9-14(11,12)8-5-10/h9-10H,2-8H2,1H3. The van der Waals surface area contributed by atoms with Gasteiger partial charge in [-0.2, -0.15) is 0 Å². The highest BCUT2D eigenvalue weighted by atomic mass is 32.2. The summed E-state index contributed by atoms with van der Waals surface area (Å²) >= 11 is 0. The van der Waals surface area contributed by atoms with Gasteiger partial charge >= 0.3 is 0 Å². The number of hydrogen-bond acceptors (Lipinski definition) is 4. The molecule has 0 fully saturated rings. The SMILES string of the molecule is CCCCOCCNS(=O)(=O)CCO. The van der Waals surface area contributed by atoms with Crippen LogP contribution in [0, 0.1) is 0 Å². The summed E-state index contributed by atoms with van der Waals surface area (Å²) in [5.41, 5.74) is 0. The average Bonchev–Trinajstić information content (AvgIpc) is 2.11. The van der Waals surface area contributed by atoms with Gasteiger partial charge in [0.05, 0.1) is 19.0 Å². The maximum absolute atomic E-state index is 11.0. The normalized spacial score (nSPS) is 11.9. The lowest BCUT2D eigenvalue weighted by Gasteiger charge is -2.05. The van der Waals surface area contributed by atoms with Crippen LogP contribution in [0.5, 0.6) is 0 Å². The number of ether oxygens (including phenoxy) is 1. The lowest BCUT2D eigenvalue weighted by Crippen LogP contribution is -2.30. The molecule has 86 valence electrons. The van der Waals surface area contributed by atoms with E-state index in [0.717, 1.165) is 12.8 Å². The summed E-state index contributed by atoms with van der Waals surface area (Å²) in [5, 5.41) is 8.42. The Balaban J connectivity index is 3.35. The van der Waals surface area contributed by atoms with Crippen molar-refractivity contribution in [1.29, 1.82) is 0 Å². The zero-order chi connectivity index (χ0) is 10.9. The van der Waals surface area contributed by atoms with Crippen molar-refractivity contribution in [2.24, 2.45) is 0 Å². The smallest absolute Gasteiger partial charge is 0.213 e. The molecular weight excluding hydrogens is 206 g/mol. The number of hydrogen-bond donors (Lipinski definition) is 2. The summed E-state index contributed by atoms with van der Waals surface area (Å²) in [6.07, 6.45) is 2.06. The second-order valence-electron chi connectivity index (χ2n) is 2.90. The van der Waals surface area contributed by atoms with Gasteiger partial charge in [0.2, 0.25) is 10.0 Å². The molecule has 0 heterocycles. The highest BCUT2D eigenvalue weighted by Crippen LogP contribution is 1.87. The number of rotatable bonds is 9. The largest absolute Gasteiger partial charge is 0.395 e. The van der Waals surface area contributed by atoms with E-state index in [4.69, 9.17) is 9.84 Å². The Bertz CT molecular complexity index is 215. The molecule has 0 aromatic heterocycles. The fourth-order valence-corrected chi connectivity index (χ4v) is 1.59. The minimum atomic E-state index is -3.30. The molecule has 0 aliphatic rings. The van der Waals surface area contributed by atoms with E-state index in [-0.39, 0.29) is 18.9 Å². The van der Waals surface area contributed by atoms with Gasteiger partial charge in [0.15, 0.2) is 0 Å². The maximum Gasteiger partial charge on any atom is 0.213 e. The zero-order valence-electron chi connectivity index (χ0n) is 8.53. The molecule has 5 nitrogen and oxygen atoms in total. The van der Waals surface area contributed by atoms with Crippen LogP contribution in [0.3, 0.4) is 0 Å². The molecule has 0 unspecified atom stereocenters. The molecule has 0 amide bonds. The molecule has 6 heteroatoms. The van der Waals surface area contributed by atoms with Gasteiger partial charge in [0.25, 0.3) is 0 Å². The summed E-state index contributed by atoms with van der Waals surface area (Å²) in [4.78, 5) is 0. The van der Waals surface area contributed by atoms with Gasteiger partial charge in [-0.3, -0.25) is 0 Å². The Hall–Kier alpha value is -0.170. The van der Waals surface area contributed by atoms with Crippen LogP contribution in [0.2, 0.25) is 0 Å². The molecule has 14 heavy (non-hydrogen) atoms. The number of nitrogens with one attached hydrogen (secondary N) is 1. The minimum absolute atomic E-state index is 0.248. The van der Waals surface area contributed by atoms with Crippen LogP contribution in [0.25, 0.3) is 0 Å². The van der Waals surface area contributed by atoms with E-state index < -0.39 is 10.0 Å². The molecule has 0 saturated carbocycles. The van der Waals surface area contributed by atoms with Crippen molar-refractivity contribution in [3.63, 3.8) is 0 Å². The van der Waals surface area contributed by atoms with Gasteiger partial charge in [-0.15, -0.1) is 0 Å². The van der Waals surface area contributed by atoms with E-state index in [1.807, 2.05) is 0 Å². The first kappa shape index (κ1) is 13.8. The highest BCUT2D eigenvalue weighted by Gasteiger charge is 2.07.